The number of rotatable bonds is 2. The minimum Gasteiger partial charge on any atom is -0.469 e. The third-order valence-electron chi connectivity index (χ3n) is 3.44. The zero-order valence-corrected chi connectivity index (χ0v) is 10.4. The van der Waals surface area contributed by atoms with Crippen molar-refractivity contribution in [2.45, 2.75) is 12.3 Å². The summed E-state index contributed by atoms with van der Waals surface area (Å²) in [5, 5.41) is 0. The predicted octanol–water partition coefficient (Wildman–Crippen LogP) is 1.89. The molecule has 1 aliphatic heterocycles. The number of hydrogen-bond acceptors (Lipinski definition) is 3. The number of piperidine rings is 1. The summed E-state index contributed by atoms with van der Waals surface area (Å²) in [5.74, 6) is 0.348. The topological polar surface area (TPSA) is 29.5 Å². The molecular formula is C14H19NO2. The van der Waals surface area contributed by atoms with Gasteiger partial charge in [0, 0.05) is 13.1 Å². The number of hydrogen-bond donors (Lipinski definition) is 0. The van der Waals surface area contributed by atoms with Gasteiger partial charge in [-0.05, 0) is 24.9 Å². The Balaban J connectivity index is 2.11. The number of esters is 1. The summed E-state index contributed by atoms with van der Waals surface area (Å²) in [6, 6.07) is 10.4. The Morgan fingerprint density at radius 3 is 2.65 bits per heavy atom. The Labute approximate surface area is 102 Å². The van der Waals surface area contributed by atoms with E-state index in [-0.39, 0.29) is 11.9 Å². The largest absolute Gasteiger partial charge is 0.469 e. The van der Waals surface area contributed by atoms with E-state index in [1.165, 1.54) is 12.7 Å². The van der Waals surface area contributed by atoms with Crippen molar-refractivity contribution in [2.24, 2.45) is 5.92 Å². The molecule has 0 unspecified atom stereocenters. The molecular weight excluding hydrogens is 214 g/mol. The molecule has 1 fully saturated rings. The second-order valence-corrected chi connectivity index (χ2v) is 4.78. The molecule has 1 saturated heterocycles. The molecule has 0 radical (unpaired) electrons. The summed E-state index contributed by atoms with van der Waals surface area (Å²) in [6.45, 7) is 1.81. The maximum atomic E-state index is 11.6. The number of benzene rings is 1. The van der Waals surface area contributed by atoms with Crippen LogP contribution >= 0.6 is 0 Å². The molecule has 3 nitrogen and oxygen atoms in total. The lowest BCUT2D eigenvalue weighted by Crippen LogP contribution is -2.40. The summed E-state index contributed by atoms with van der Waals surface area (Å²) in [6.07, 6.45) is 0.890. The van der Waals surface area contributed by atoms with E-state index in [1.54, 1.807) is 0 Å². The maximum absolute atomic E-state index is 11.6. The van der Waals surface area contributed by atoms with Crippen LogP contribution < -0.4 is 0 Å². The highest BCUT2D eigenvalue weighted by Crippen LogP contribution is 2.29. The fourth-order valence-corrected chi connectivity index (χ4v) is 2.62. The number of carbonyl (C=O) groups excluding carboxylic acids is 1. The number of likely N-dealkylation sites (tertiary alicyclic amines) is 1. The van der Waals surface area contributed by atoms with E-state index in [1.807, 2.05) is 6.07 Å². The monoisotopic (exact) mass is 233 g/mol. The minimum absolute atomic E-state index is 0.00366. The number of likely N-dealkylation sites (N-methyl/N-ethyl adjacent to an activating group) is 1. The number of methoxy groups -OCH3 is 1. The van der Waals surface area contributed by atoms with E-state index < -0.39 is 0 Å². The molecule has 0 aromatic heterocycles. The van der Waals surface area contributed by atoms with Crippen molar-refractivity contribution in [3.63, 3.8) is 0 Å². The van der Waals surface area contributed by atoms with Gasteiger partial charge in [-0.25, -0.2) is 0 Å². The molecule has 0 aliphatic carbocycles. The van der Waals surface area contributed by atoms with Crippen LogP contribution in [0.4, 0.5) is 0 Å². The Morgan fingerprint density at radius 1 is 1.29 bits per heavy atom. The third-order valence-corrected chi connectivity index (χ3v) is 3.44. The molecule has 3 heteroatoms. The predicted molar refractivity (Wildman–Crippen MR) is 66.8 cm³/mol. The molecule has 0 N–H and O–H groups in total. The Hall–Kier alpha value is -1.35. The molecule has 2 atom stereocenters. The summed E-state index contributed by atoms with van der Waals surface area (Å²) < 4.78 is 4.86. The van der Waals surface area contributed by atoms with Crippen molar-refractivity contribution in [3.8, 4) is 0 Å². The van der Waals surface area contributed by atoms with Crippen LogP contribution in [0.1, 0.15) is 17.9 Å². The van der Waals surface area contributed by atoms with Crippen LogP contribution in [-0.2, 0) is 9.53 Å². The molecule has 1 aromatic rings. The van der Waals surface area contributed by atoms with Crippen LogP contribution in [-0.4, -0.2) is 38.1 Å². The summed E-state index contributed by atoms with van der Waals surface area (Å²) in [5.41, 5.74) is 1.31. The fraction of sp³-hybridized carbons (Fsp3) is 0.500. The Morgan fingerprint density at radius 2 is 2.00 bits per heavy atom. The molecule has 17 heavy (non-hydrogen) atoms. The third kappa shape index (κ3) is 2.86. The van der Waals surface area contributed by atoms with Crippen LogP contribution in [0.5, 0.6) is 0 Å². The minimum atomic E-state index is -0.0857. The van der Waals surface area contributed by atoms with Crippen LogP contribution in [0.15, 0.2) is 30.3 Å². The van der Waals surface area contributed by atoms with Crippen LogP contribution in [0.25, 0.3) is 0 Å². The highest BCUT2D eigenvalue weighted by Gasteiger charge is 2.31. The lowest BCUT2D eigenvalue weighted by Gasteiger charge is -2.34. The van der Waals surface area contributed by atoms with Gasteiger partial charge in [0.25, 0.3) is 0 Å². The van der Waals surface area contributed by atoms with Crippen molar-refractivity contribution < 1.29 is 9.53 Å². The summed E-state index contributed by atoms with van der Waals surface area (Å²) in [7, 11) is 3.53. The quantitative estimate of drug-likeness (QED) is 0.731. The first-order chi connectivity index (χ1) is 8.20. The van der Waals surface area contributed by atoms with Crippen LogP contribution in [0, 0.1) is 5.92 Å². The average Bonchev–Trinajstić information content (AvgIpc) is 2.38. The standard InChI is InChI=1S/C14H19NO2/c1-15-9-12(11-6-4-3-5-7-11)8-13(10-15)14(16)17-2/h3-7,12-13H,8-10H2,1-2H3/t12-,13+/m1/s1. The smallest absolute Gasteiger partial charge is 0.309 e. The highest BCUT2D eigenvalue weighted by molar-refractivity contribution is 5.72. The van der Waals surface area contributed by atoms with Crippen molar-refractivity contribution in [1.82, 2.24) is 4.90 Å². The van der Waals surface area contributed by atoms with E-state index in [2.05, 4.69) is 36.2 Å². The Bertz CT molecular complexity index is 377. The number of carbonyl (C=O) groups is 1. The zero-order chi connectivity index (χ0) is 12.3. The van der Waals surface area contributed by atoms with E-state index >= 15 is 0 Å². The SMILES string of the molecule is COC(=O)[C@H]1C[C@@H](c2ccccc2)CN(C)C1. The van der Waals surface area contributed by atoms with Gasteiger partial charge >= 0.3 is 5.97 Å². The van der Waals surface area contributed by atoms with E-state index in [0.29, 0.717) is 5.92 Å². The highest BCUT2D eigenvalue weighted by atomic mass is 16.5. The van der Waals surface area contributed by atoms with Gasteiger partial charge in [0.1, 0.15) is 0 Å². The van der Waals surface area contributed by atoms with Gasteiger partial charge in [-0.2, -0.15) is 0 Å². The zero-order valence-electron chi connectivity index (χ0n) is 10.4. The van der Waals surface area contributed by atoms with Crippen LogP contribution in [0.3, 0.4) is 0 Å². The molecule has 1 aliphatic rings. The molecule has 1 aromatic carbocycles. The first-order valence-electron chi connectivity index (χ1n) is 6.02. The molecule has 1 heterocycles. The second-order valence-electron chi connectivity index (χ2n) is 4.78. The number of nitrogens with zero attached hydrogens (tertiary/aromatic N) is 1. The average molecular weight is 233 g/mol. The molecule has 0 spiro atoms. The molecule has 2 rings (SSSR count). The van der Waals surface area contributed by atoms with Gasteiger partial charge in [0.05, 0.1) is 13.0 Å². The van der Waals surface area contributed by atoms with E-state index in [9.17, 15) is 4.79 Å². The summed E-state index contributed by atoms with van der Waals surface area (Å²) in [4.78, 5) is 13.9. The van der Waals surface area contributed by atoms with E-state index in [0.717, 1.165) is 19.5 Å². The molecule has 0 amide bonds. The van der Waals surface area contributed by atoms with Crippen molar-refractivity contribution >= 4 is 5.97 Å². The first-order valence-corrected chi connectivity index (χ1v) is 6.02. The lowest BCUT2D eigenvalue weighted by molar-refractivity contribution is -0.147. The second kappa shape index (κ2) is 5.32. The Kier molecular flexibility index (Phi) is 3.79. The molecule has 0 saturated carbocycles. The van der Waals surface area contributed by atoms with Crippen LogP contribution in [0.2, 0.25) is 0 Å². The lowest BCUT2D eigenvalue weighted by atomic mass is 9.85. The molecule has 92 valence electrons. The maximum Gasteiger partial charge on any atom is 0.309 e. The summed E-state index contributed by atoms with van der Waals surface area (Å²) >= 11 is 0. The van der Waals surface area contributed by atoms with Crippen molar-refractivity contribution in [2.75, 3.05) is 27.2 Å². The van der Waals surface area contributed by atoms with Gasteiger partial charge < -0.3 is 9.64 Å². The first kappa shape index (κ1) is 12.1. The van der Waals surface area contributed by atoms with Crippen molar-refractivity contribution in [1.29, 1.82) is 0 Å². The van der Waals surface area contributed by atoms with Gasteiger partial charge in [-0.15, -0.1) is 0 Å². The van der Waals surface area contributed by atoms with Crippen molar-refractivity contribution in [3.05, 3.63) is 35.9 Å². The van der Waals surface area contributed by atoms with E-state index in [4.69, 9.17) is 4.74 Å². The normalized spacial score (nSPS) is 25.5. The molecule has 0 bridgehead atoms. The fourth-order valence-electron chi connectivity index (χ4n) is 2.62. The number of ether oxygens (including phenoxy) is 1. The van der Waals surface area contributed by atoms with Gasteiger partial charge in [0.15, 0.2) is 0 Å². The van der Waals surface area contributed by atoms with Gasteiger partial charge in [-0.1, -0.05) is 30.3 Å². The van der Waals surface area contributed by atoms with Gasteiger partial charge in [-0.3, -0.25) is 4.79 Å². The van der Waals surface area contributed by atoms with Gasteiger partial charge in [0.2, 0.25) is 0 Å².